The Bertz CT molecular complexity index is 959. The maximum absolute atomic E-state index is 12.7. The molecule has 33 heavy (non-hydrogen) atoms. The Morgan fingerprint density at radius 2 is 1.79 bits per heavy atom. The normalized spacial score (nSPS) is 17.9. The van der Waals surface area contributed by atoms with Crippen LogP contribution in [0.2, 0.25) is 0 Å². The van der Waals surface area contributed by atoms with Gasteiger partial charge in [-0.15, -0.1) is 0 Å². The number of hydrogen-bond donors (Lipinski definition) is 3. The molecule has 0 bridgehead atoms. The van der Waals surface area contributed by atoms with Gasteiger partial charge in [-0.1, -0.05) is 6.07 Å². The van der Waals surface area contributed by atoms with Gasteiger partial charge in [0, 0.05) is 36.0 Å². The molecule has 0 spiro atoms. The molecule has 1 aliphatic rings. The van der Waals surface area contributed by atoms with Crippen molar-refractivity contribution >= 4 is 29.3 Å². The number of nitrogens with one attached hydrogen (secondary N) is 2. The number of benzene rings is 1. The van der Waals surface area contributed by atoms with E-state index in [1.165, 1.54) is 5.56 Å². The van der Waals surface area contributed by atoms with Crippen molar-refractivity contribution in [2.45, 2.75) is 58.9 Å². The molecule has 2 aromatic rings. The Morgan fingerprint density at radius 3 is 2.39 bits per heavy atom. The number of carbonyl (C=O) groups excluding carboxylic acids is 2. The Hall–Kier alpha value is -2.87. The average molecular weight is 460 g/mol. The van der Waals surface area contributed by atoms with Crippen molar-refractivity contribution in [2.75, 3.05) is 27.2 Å². The lowest BCUT2D eigenvalue weighted by molar-refractivity contribution is -0.126. The van der Waals surface area contributed by atoms with Crippen LogP contribution in [-0.2, 0) is 20.8 Å². The van der Waals surface area contributed by atoms with Crippen LogP contribution in [0, 0.1) is 26.7 Å². The van der Waals surface area contributed by atoms with Crippen LogP contribution in [0.5, 0.6) is 0 Å². The molecule has 1 heterocycles. The molecule has 0 unspecified atom stereocenters. The van der Waals surface area contributed by atoms with Gasteiger partial charge in [-0.2, -0.15) is 0 Å². The van der Waals surface area contributed by atoms with Gasteiger partial charge in [0.05, 0.1) is 12.7 Å². The highest BCUT2D eigenvalue weighted by molar-refractivity contribution is 5.92. The summed E-state index contributed by atoms with van der Waals surface area (Å²) in [5.41, 5.74) is 5.30. The molecule has 1 saturated carbocycles. The van der Waals surface area contributed by atoms with Gasteiger partial charge >= 0.3 is 0 Å². The minimum Gasteiger partial charge on any atom is -0.483 e. The highest BCUT2D eigenvalue weighted by atomic mass is 16.3. The Kier molecular flexibility index (Phi) is 9.91. The highest BCUT2D eigenvalue weighted by Gasteiger charge is 2.27. The molecule has 1 fully saturated rings. The Balaban J connectivity index is 0.00000122. The van der Waals surface area contributed by atoms with Crippen LogP contribution < -0.4 is 10.6 Å². The topological polar surface area (TPSA) is 112 Å². The first-order valence-electron chi connectivity index (χ1n) is 11.4. The molecular weight excluding hydrogens is 422 g/mol. The fourth-order valence-corrected chi connectivity index (χ4v) is 4.41. The lowest BCUT2D eigenvalue weighted by atomic mass is 9.85. The second-order valence-corrected chi connectivity index (χ2v) is 9.09. The third kappa shape index (κ3) is 7.32. The molecule has 0 atom stereocenters. The summed E-state index contributed by atoms with van der Waals surface area (Å²) in [6.45, 7) is 7.48. The number of aryl methyl sites for hydroxylation is 3. The molecule has 1 aliphatic carbocycles. The molecule has 0 aliphatic heterocycles. The second-order valence-electron chi connectivity index (χ2n) is 9.09. The molecule has 8 heteroatoms. The average Bonchev–Trinajstić information content (AvgIpc) is 3.17. The molecule has 8 nitrogen and oxygen atoms in total. The van der Waals surface area contributed by atoms with Crippen molar-refractivity contribution < 1.29 is 23.9 Å². The molecule has 182 valence electrons. The fraction of sp³-hybridized carbons (Fsp3) is 0.560. The van der Waals surface area contributed by atoms with Crippen molar-refractivity contribution in [3.05, 3.63) is 34.6 Å². The van der Waals surface area contributed by atoms with Gasteiger partial charge in [0.25, 0.3) is 6.47 Å². The van der Waals surface area contributed by atoms with Crippen LogP contribution >= 0.6 is 0 Å². The maximum Gasteiger partial charge on any atom is 0.290 e. The first-order chi connectivity index (χ1) is 15.7. The van der Waals surface area contributed by atoms with Crippen LogP contribution in [0.25, 0.3) is 11.0 Å². The monoisotopic (exact) mass is 459 g/mol. The van der Waals surface area contributed by atoms with Crippen molar-refractivity contribution in [1.29, 1.82) is 0 Å². The number of amides is 2. The lowest BCUT2D eigenvalue weighted by Crippen LogP contribution is -2.42. The van der Waals surface area contributed by atoms with Gasteiger partial charge in [0.1, 0.15) is 5.58 Å². The second kappa shape index (κ2) is 12.4. The van der Waals surface area contributed by atoms with E-state index in [1.807, 2.05) is 14.1 Å². The van der Waals surface area contributed by atoms with Crippen molar-refractivity contribution in [1.82, 2.24) is 15.5 Å². The van der Waals surface area contributed by atoms with Crippen LogP contribution in [0.15, 0.2) is 16.7 Å². The van der Waals surface area contributed by atoms with Gasteiger partial charge in [-0.05, 0) is 77.2 Å². The van der Waals surface area contributed by atoms with E-state index in [-0.39, 0.29) is 30.2 Å². The molecule has 3 rings (SSSR count). The van der Waals surface area contributed by atoms with Gasteiger partial charge in [-0.3, -0.25) is 14.4 Å². The number of furan rings is 1. The van der Waals surface area contributed by atoms with E-state index in [1.54, 1.807) is 6.26 Å². The molecular formula is C25H37N3O5. The zero-order chi connectivity index (χ0) is 24.5. The van der Waals surface area contributed by atoms with E-state index in [2.05, 4.69) is 42.4 Å². The smallest absolute Gasteiger partial charge is 0.290 e. The lowest BCUT2D eigenvalue weighted by Gasteiger charge is -2.28. The number of likely N-dealkylation sites (N-methyl/N-ethyl adjacent to an activating group) is 1. The predicted octanol–water partition coefficient (Wildman–Crippen LogP) is 2.95. The number of fused-ring (bicyclic) bond motifs is 1. The van der Waals surface area contributed by atoms with Crippen molar-refractivity contribution in [3.63, 3.8) is 0 Å². The van der Waals surface area contributed by atoms with Crippen LogP contribution in [0.3, 0.4) is 0 Å². The third-order valence-electron chi connectivity index (χ3n) is 6.30. The summed E-state index contributed by atoms with van der Waals surface area (Å²) in [7, 11) is 3.99. The standard InChI is InChI=1S/C24H35N3O3.CH2O2/c1-15-12-16(2)22-19(14-30-23(22)17(15)3)13-21(28)26-20-8-6-18(7-9-20)24(29)25-10-11-27(4)5;2-1-3/h12,14,18,20H,6-11,13H2,1-5H3,(H,25,29)(H,26,28);1H,(H,2,3). The van der Waals surface area contributed by atoms with E-state index in [0.29, 0.717) is 13.0 Å². The van der Waals surface area contributed by atoms with Crippen molar-refractivity contribution in [2.24, 2.45) is 5.92 Å². The van der Waals surface area contributed by atoms with E-state index < -0.39 is 0 Å². The molecule has 0 saturated heterocycles. The summed E-state index contributed by atoms with van der Waals surface area (Å²) in [6, 6.07) is 2.30. The summed E-state index contributed by atoms with van der Waals surface area (Å²) in [5.74, 6) is 0.230. The number of rotatable bonds is 7. The largest absolute Gasteiger partial charge is 0.483 e. The Morgan fingerprint density at radius 1 is 1.15 bits per heavy atom. The highest BCUT2D eigenvalue weighted by Crippen LogP contribution is 2.30. The van der Waals surface area contributed by atoms with E-state index >= 15 is 0 Å². The minimum absolute atomic E-state index is 0.0224. The van der Waals surface area contributed by atoms with Gasteiger partial charge < -0.3 is 25.1 Å². The number of nitrogens with zero attached hydrogens (tertiary/aromatic N) is 1. The van der Waals surface area contributed by atoms with Gasteiger partial charge in [0.2, 0.25) is 11.8 Å². The van der Waals surface area contributed by atoms with Crippen LogP contribution in [0.1, 0.15) is 47.9 Å². The number of carboxylic acid groups (broad SMARTS) is 1. The summed E-state index contributed by atoms with van der Waals surface area (Å²) < 4.78 is 5.79. The molecule has 1 aromatic heterocycles. The van der Waals surface area contributed by atoms with Crippen LogP contribution in [-0.4, -0.2) is 61.5 Å². The third-order valence-corrected chi connectivity index (χ3v) is 6.30. The fourth-order valence-electron chi connectivity index (χ4n) is 4.41. The van der Waals surface area contributed by atoms with Crippen molar-refractivity contribution in [3.8, 4) is 0 Å². The molecule has 0 radical (unpaired) electrons. The van der Waals surface area contributed by atoms with E-state index in [9.17, 15) is 9.59 Å². The summed E-state index contributed by atoms with van der Waals surface area (Å²) >= 11 is 0. The number of carbonyl (C=O) groups is 3. The molecule has 3 N–H and O–H groups in total. The zero-order valence-electron chi connectivity index (χ0n) is 20.4. The van der Waals surface area contributed by atoms with E-state index in [4.69, 9.17) is 14.3 Å². The molecule has 1 aromatic carbocycles. The van der Waals surface area contributed by atoms with E-state index in [0.717, 1.165) is 59.9 Å². The number of hydrogen-bond acceptors (Lipinski definition) is 5. The molecule has 2 amide bonds. The predicted molar refractivity (Wildman–Crippen MR) is 128 cm³/mol. The minimum atomic E-state index is -0.250. The first kappa shape index (κ1) is 26.4. The first-order valence-corrected chi connectivity index (χ1v) is 11.4. The quantitative estimate of drug-likeness (QED) is 0.549. The summed E-state index contributed by atoms with van der Waals surface area (Å²) in [6.07, 6.45) is 5.39. The SMILES string of the molecule is Cc1cc(C)c2c(CC(=O)NC3CCC(C(=O)NCCN(C)C)CC3)coc2c1C.O=CO. The Labute approximate surface area is 195 Å². The van der Waals surface area contributed by atoms with Gasteiger partial charge in [0.15, 0.2) is 0 Å². The summed E-state index contributed by atoms with van der Waals surface area (Å²) in [5, 5.41) is 14.1. The zero-order valence-corrected chi connectivity index (χ0v) is 20.4. The summed E-state index contributed by atoms with van der Waals surface area (Å²) in [4.78, 5) is 35.4. The maximum atomic E-state index is 12.7. The van der Waals surface area contributed by atoms with Gasteiger partial charge in [-0.25, -0.2) is 0 Å². The van der Waals surface area contributed by atoms with Crippen LogP contribution in [0.4, 0.5) is 0 Å².